The van der Waals surface area contributed by atoms with Crippen molar-refractivity contribution in [1.29, 1.82) is 0 Å². The van der Waals surface area contributed by atoms with Crippen LogP contribution in [0.4, 0.5) is 0 Å². The van der Waals surface area contributed by atoms with Crippen LogP contribution in [0.3, 0.4) is 0 Å². The molecule has 1 atom stereocenters. The van der Waals surface area contributed by atoms with Crippen LogP contribution >= 0.6 is 0 Å². The number of imidazole rings is 1. The van der Waals surface area contributed by atoms with Crippen molar-refractivity contribution in [2.24, 2.45) is 5.92 Å². The summed E-state index contributed by atoms with van der Waals surface area (Å²) in [7, 11) is -3.37. The summed E-state index contributed by atoms with van der Waals surface area (Å²) in [5.74, 6) is 0.507. The minimum atomic E-state index is -3.37. The maximum Gasteiger partial charge on any atom is 0.227 e. The van der Waals surface area contributed by atoms with E-state index in [2.05, 4.69) is 23.0 Å². The molecule has 2 heterocycles. The fourth-order valence-electron chi connectivity index (χ4n) is 3.42. The minimum Gasteiger partial charge on any atom is -0.376 e. The van der Waals surface area contributed by atoms with Gasteiger partial charge in [-0.05, 0) is 31.6 Å². The van der Waals surface area contributed by atoms with Crippen molar-refractivity contribution in [3.05, 3.63) is 37.2 Å². The average molecular weight is 380 g/mol. The molecule has 1 aromatic rings. The van der Waals surface area contributed by atoms with Crippen molar-refractivity contribution >= 4 is 9.84 Å². The predicted octanol–water partition coefficient (Wildman–Crippen LogP) is 2.42. The van der Waals surface area contributed by atoms with Gasteiger partial charge in [-0.15, -0.1) is 13.2 Å². The molecule has 0 amide bonds. The zero-order valence-corrected chi connectivity index (χ0v) is 16.2. The first kappa shape index (κ1) is 19.3. The molecule has 0 radical (unpaired) electrons. The second kappa shape index (κ2) is 8.50. The van der Waals surface area contributed by atoms with E-state index >= 15 is 0 Å². The van der Waals surface area contributed by atoms with Gasteiger partial charge in [0, 0.05) is 26.2 Å². The lowest BCUT2D eigenvalue weighted by atomic mass is 10.2. The number of sulfone groups is 1. The topological polar surface area (TPSA) is 64.4 Å². The van der Waals surface area contributed by atoms with Gasteiger partial charge in [0.1, 0.15) is 0 Å². The third kappa shape index (κ3) is 4.84. The summed E-state index contributed by atoms with van der Waals surface area (Å²) in [4.78, 5) is 6.48. The molecule has 1 aromatic heterocycles. The van der Waals surface area contributed by atoms with E-state index in [1.165, 1.54) is 0 Å². The lowest BCUT2D eigenvalue weighted by molar-refractivity contribution is 0.0934. The van der Waals surface area contributed by atoms with Gasteiger partial charge < -0.3 is 9.30 Å². The number of rotatable bonds is 11. The quantitative estimate of drug-likeness (QED) is 0.553. The van der Waals surface area contributed by atoms with Crippen molar-refractivity contribution in [2.45, 2.75) is 50.0 Å². The van der Waals surface area contributed by atoms with Crippen LogP contribution in [0.1, 0.15) is 31.4 Å². The Labute approximate surface area is 156 Å². The van der Waals surface area contributed by atoms with Crippen molar-refractivity contribution in [3.63, 3.8) is 0 Å². The van der Waals surface area contributed by atoms with E-state index in [0.717, 1.165) is 38.0 Å². The molecule has 3 rings (SSSR count). The summed E-state index contributed by atoms with van der Waals surface area (Å²) < 4.78 is 33.3. The Morgan fingerprint density at radius 2 is 2.00 bits per heavy atom. The molecule has 2 fully saturated rings. The summed E-state index contributed by atoms with van der Waals surface area (Å²) in [5, 5.41) is 0.201. The Hall–Kier alpha value is -1.44. The lowest BCUT2D eigenvalue weighted by Crippen LogP contribution is -2.27. The number of ether oxygens (including phenoxy) is 1. The Morgan fingerprint density at radius 1 is 1.27 bits per heavy atom. The molecule has 0 aromatic carbocycles. The van der Waals surface area contributed by atoms with E-state index in [-0.39, 0.29) is 17.0 Å². The summed E-state index contributed by atoms with van der Waals surface area (Å²) in [6.07, 6.45) is 9.44. The van der Waals surface area contributed by atoms with Gasteiger partial charge in [0.15, 0.2) is 0 Å². The average Bonchev–Trinajstić information content (AvgIpc) is 3.08. The Balaban J connectivity index is 1.86. The van der Waals surface area contributed by atoms with Crippen LogP contribution in [0, 0.1) is 5.92 Å². The third-order valence-electron chi connectivity index (χ3n) is 4.90. The summed E-state index contributed by atoms with van der Waals surface area (Å²) >= 11 is 0. The van der Waals surface area contributed by atoms with Gasteiger partial charge in [-0.2, -0.15) is 0 Å². The van der Waals surface area contributed by atoms with Gasteiger partial charge in [0.25, 0.3) is 0 Å². The summed E-state index contributed by atoms with van der Waals surface area (Å²) in [6, 6.07) is 0. The van der Waals surface area contributed by atoms with E-state index in [1.54, 1.807) is 6.20 Å². The van der Waals surface area contributed by atoms with Gasteiger partial charge in [-0.3, -0.25) is 4.90 Å². The maximum absolute atomic E-state index is 12.9. The molecule has 1 aliphatic carbocycles. The van der Waals surface area contributed by atoms with Crippen molar-refractivity contribution in [1.82, 2.24) is 14.5 Å². The van der Waals surface area contributed by atoms with E-state index in [1.807, 2.05) is 16.7 Å². The van der Waals surface area contributed by atoms with E-state index in [9.17, 15) is 8.42 Å². The molecule has 1 unspecified atom stereocenters. The molecule has 1 aliphatic heterocycles. The summed E-state index contributed by atoms with van der Waals surface area (Å²) in [5.41, 5.74) is 0.901. The van der Waals surface area contributed by atoms with Gasteiger partial charge in [0.2, 0.25) is 15.0 Å². The smallest absolute Gasteiger partial charge is 0.227 e. The maximum atomic E-state index is 12.9. The highest BCUT2D eigenvalue weighted by Gasteiger charge is 2.33. The highest BCUT2D eigenvalue weighted by atomic mass is 32.2. The Kier molecular flexibility index (Phi) is 6.32. The van der Waals surface area contributed by atoms with Crippen molar-refractivity contribution in [3.8, 4) is 0 Å². The zero-order chi connectivity index (χ0) is 18.6. The van der Waals surface area contributed by atoms with Crippen molar-refractivity contribution in [2.75, 3.05) is 25.4 Å². The van der Waals surface area contributed by atoms with Crippen LogP contribution in [0.25, 0.3) is 0 Å². The first-order valence-corrected chi connectivity index (χ1v) is 11.0. The molecule has 0 spiro atoms. The van der Waals surface area contributed by atoms with Gasteiger partial charge >= 0.3 is 0 Å². The first-order chi connectivity index (χ1) is 12.5. The Morgan fingerprint density at radius 3 is 2.58 bits per heavy atom. The Bertz CT molecular complexity index is 721. The number of nitrogens with zero attached hydrogens (tertiary/aromatic N) is 3. The molecule has 144 valence electrons. The lowest BCUT2D eigenvalue weighted by Gasteiger charge is -2.21. The second-order valence-corrected chi connectivity index (χ2v) is 9.20. The van der Waals surface area contributed by atoms with E-state index in [0.29, 0.717) is 32.1 Å². The van der Waals surface area contributed by atoms with E-state index < -0.39 is 9.84 Å². The minimum absolute atomic E-state index is 0.0603. The first-order valence-electron chi connectivity index (χ1n) is 9.36. The molecule has 6 nitrogen and oxygen atoms in total. The molecule has 1 saturated carbocycles. The highest BCUT2D eigenvalue weighted by Crippen LogP contribution is 2.32. The fourth-order valence-corrected chi connectivity index (χ4v) is 5.26. The molecular formula is C19H29N3O3S. The zero-order valence-electron chi connectivity index (χ0n) is 15.3. The SMILES string of the molecule is C=CCN(CC=C)Cc1cnc(S(=O)(=O)CC2CC2)n1CC1CCCO1. The molecule has 7 heteroatoms. The molecule has 1 saturated heterocycles. The highest BCUT2D eigenvalue weighted by molar-refractivity contribution is 7.91. The number of hydrogen-bond acceptors (Lipinski definition) is 5. The molecule has 0 bridgehead atoms. The standard InChI is InChI=1S/C19H29N3O3S/c1-3-9-21(10-4-2)13-17-12-20-19(26(23,24)15-16-7-8-16)22(17)14-18-6-5-11-25-18/h3-4,12,16,18H,1-2,5-11,13-15H2. The van der Waals surface area contributed by atoms with Crippen LogP contribution in [0.5, 0.6) is 0 Å². The number of hydrogen-bond donors (Lipinski definition) is 0. The van der Waals surface area contributed by atoms with Gasteiger partial charge in [-0.1, -0.05) is 12.2 Å². The van der Waals surface area contributed by atoms with Crippen LogP contribution in [-0.4, -0.2) is 54.4 Å². The molecule has 0 N–H and O–H groups in total. The molecular weight excluding hydrogens is 350 g/mol. The molecule has 2 aliphatic rings. The van der Waals surface area contributed by atoms with Gasteiger partial charge in [0.05, 0.1) is 30.3 Å². The van der Waals surface area contributed by atoms with Crippen LogP contribution in [0.2, 0.25) is 0 Å². The van der Waals surface area contributed by atoms with Crippen molar-refractivity contribution < 1.29 is 13.2 Å². The monoisotopic (exact) mass is 379 g/mol. The summed E-state index contributed by atoms with van der Waals surface area (Å²) in [6.45, 7) is 10.9. The van der Waals surface area contributed by atoms with Crippen LogP contribution in [-0.2, 0) is 27.7 Å². The fraction of sp³-hybridized carbons (Fsp3) is 0.632. The predicted molar refractivity (Wildman–Crippen MR) is 102 cm³/mol. The van der Waals surface area contributed by atoms with Crippen LogP contribution in [0.15, 0.2) is 36.7 Å². The van der Waals surface area contributed by atoms with Gasteiger partial charge in [-0.25, -0.2) is 13.4 Å². The number of aromatic nitrogens is 2. The second-order valence-electron chi connectivity index (χ2n) is 7.27. The molecule has 26 heavy (non-hydrogen) atoms. The normalized spacial score (nSPS) is 20.6. The van der Waals surface area contributed by atoms with E-state index in [4.69, 9.17) is 4.74 Å². The van der Waals surface area contributed by atoms with Crippen LogP contribution < -0.4 is 0 Å². The largest absolute Gasteiger partial charge is 0.376 e. The third-order valence-corrected chi connectivity index (χ3v) is 6.69.